The number of ether oxygens (including phenoxy) is 1. The highest BCUT2D eigenvalue weighted by atomic mass is 16.5. The molecule has 1 aliphatic heterocycles. The van der Waals surface area contributed by atoms with Gasteiger partial charge in [0.2, 0.25) is 0 Å². The highest BCUT2D eigenvalue weighted by molar-refractivity contribution is 6.04. The van der Waals surface area contributed by atoms with Crippen molar-refractivity contribution in [3.05, 3.63) is 40.3 Å². The molecule has 1 fully saturated rings. The van der Waals surface area contributed by atoms with Crippen LogP contribution in [0.3, 0.4) is 0 Å². The molecule has 0 saturated carbocycles. The van der Waals surface area contributed by atoms with Gasteiger partial charge in [-0.1, -0.05) is 18.2 Å². The fourth-order valence-electron chi connectivity index (χ4n) is 3.09. The SMILES string of the molecule is CC(C)n1nc(C(=O)N[C@H](C)[C@H]2CCCO2)c2ccccc2c1=O. The molecule has 1 N–H and O–H groups in total. The van der Waals surface area contributed by atoms with Gasteiger partial charge in [-0.3, -0.25) is 9.59 Å². The third-order valence-electron chi connectivity index (χ3n) is 4.41. The Balaban J connectivity index is 1.99. The summed E-state index contributed by atoms with van der Waals surface area (Å²) in [5.74, 6) is -0.274. The topological polar surface area (TPSA) is 73.2 Å². The molecule has 6 heteroatoms. The summed E-state index contributed by atoms with van der Waals surface area (Å²) >= 11 is 0. The predicted octanol–water partition coefficient (Wildman–Crippen LogP) is 2.27. The van der Waals surface area contributed by atoms with E-state index in [0.717, 1.165) is 19.4 Å². The van der Waals surface area contributed by atoms with Gasteiger partial charge < -0.3 is 10.1 Å². The zero-order valence-electron chi connectivity index (χ0n) is 14.3. The molecular weight excluding hydrogens is 306 g/mol. The molecule has 2 aromatic rings. The Morgan fingerprint density at radius 2 is 2.00 bits per heavy atom. The molecule has 0 aliphatic carbocycles. The van der Waals surface area contributed by atoms with Gasteiger partial charge >= 0.3 is 0 Å². The fourth-order valence-corrected chi connectivity index (χ4v) is 3.09. The van der Waals surface area contributed by atoms with Gasteiger partial charge in [-0.25, -0.2) is 4.68 Å². The lowest BCUT2D eigenvalue weighted by atomic mass is 10.1. The number of hydrogen-bond acceptors (Lipinski definition) is 4. The van der Waals surface area contributed by atoms with Gasteiger partial charge in [-0.2, -0.15) is 5.10 Å². The number of carbonyl (C=O) groups excluding carboxylic acids is 1. The molecule has 1 saturated heterocycles. The third kappa shape index (κ3) is 3.06. The summed E-state index contributed by atoms with van der Waals surface area (Å²) in [5.41, 5.74) is 0.105. The van der Waals surface area contributed by atoms with Crippen LogP contribution in [0.25, 0.3) is 10.8 Å². The Morgan fingerprint density at radius 1 is 1.29 bits per heavy atom. The van der Waals surface area contributed by atoms with Crippen LogP contribution in [0.5, 0.6) is 0 Å². The Bertz CT molecular complexity index is 807. The van der Waals surface area contributed by atoms with E-state index in [1.807, 2.05) is 26.8 Å². The minimum Gasteiger partial charge on any atom is -0.376 e. The summed E-state index contributed by atoms with van der Waals surface area (Å²) in [6, 6.07) is 6.89. The van der Waals surface area contributed by atoms with E-state index in [9.17, 15) is 9.59 Å². The van der Waals surface area contributed by atoms with Crippen molar-refractivity contribution in [2.75, 3.05) is 6.61 Å². The zero-order valence-corrected chi connectivity index (χ0v) is 14.3. The minimum atomic E-state index is -0.274. The Labute approximate surface area is 140 Å². The predicted molar refractivity (Wildman–Crippen MR) is 92.3 cm³/mol. The number of aromatic nitrogens is 2. The summed E-state index contributed by atoms with van der Waals surface area (Å²) in [5, 5.41) is 8.40. The Kier molecular flexibility index (Phi) is 4.66. The largest absolute Gasteiger partial charge is 0.376 e. The molecule has 0 unspecified atom stereocenters. The van der Waals surface area contributed by atoms with Crippen LogP contribution in [-0.2, 0) is 4.74 Å². The van der Waals surface area contributed by atoms with Gasteiger partial charge in [0.05, 0.1) is 23.6 Å². The maximum absolute atomic E-state index is 12.8. The van der Waals surface area contributed by atoms with Crippen molar-refractivity contribution < 1.29 is 9.53 Å². The Morgan fingerprint density at radius 3 is 2.62 bits per heavy atom. The number of nitrogens with one attached hydrogen (secondary N) is 1. The molecule has 1 aliphatic rings. The van der Waals surface area contributed by atoms with Gasteiger partial charge in [-0.15, -0.1) is 0 Å². The van der Waals surface area contributed by atoms with Crippen molar-refractivity contribution in [1.82, 2.24) is 15.1 Å². The monoisotopic (exact) mass is 329 g/mol. The summed E-state index contributed by atoms with van der Waals surface area (Å²) in [6.45, 7) is 6.43. The first-order chi connectivity index (χ1) is 11.5. The van der Waals surface area contributed by atoms with Crippen molar-refractivity contribution in [3.8, 4) is 0 Å². The first-order valence-corrected chi connectivity index (χ1v) is 8.43. The van der Waals surface area contributed by atoms with Crippen LogP contribution >= 0.6 is 0 Å². The second kappa shape index (κ2) is 6.73. The van der Waals surface area contributed by atoms with E-state index in [-0.39, 0.29) is 35.3 Å². The van der Waals surface area contributed by atoms with Gasteiger partial charge in [0.15, 0.2) is 5.69 Å². The van der Waals surface area contributed by atoms with Gasteiger partial charge in [0.1, 0.15) is 0 Å². The van der Waals surface area contributed by atoms with Gasteiger partial charge in [0.25, 0.3) is 11.5 Å². The summed E-state index contributed by atoms with van der Waals surface area (Å²) in [7, 11) is 0. The smallest absolute Gasteiger partial charge is 0.274 e. The molecule has 0 bridgehead atoms. The maximum Gasteiger partial charge on any atom is 0.274 e. The van der Waals surface area contributed by atoms with E-state index in [1.165, 1.54) is 4.68 Å². The molecule has 2 heterocycles. The number of rotatable bonds is 4. The standard InChI is InChI=1S/C18H23N3O3/c1-11(2)21-18(23)14-8-5-4-7-13(14)16(20-21)17(22)19-12(3)15-9-6-10-24-15/h4-5,7-8,11-12,15H,6,9-10H2,1-3H3,(H,19,22)/t12-,15-/m1/s1. The van der Waals surface area contributed by atoms with E-state index < -0.39 is 0 Å². The van der Waals surface area contributed by atoms with Crippen LogP contribution in [-0.4, -0.2) is 34.4 Å². The summed E-state index contributed by atoms with van der Waals surface area (Å²) in [4.78, 5) is 25.3. The maximum atomic E-state index is 12.8. The Hall–Kier alpha value is -2.21. The van der Waals surface area contributed by atoms with Crippen molar-refractivity contribution in [2.45, 2.75) is 51.8 Å². The molecule has 1 aromatic heterocycles. The van der Waals surface area contributed by atoms with Crippen LogP contribution in [0.1, 0.15) is 50.1 Å². The lowest BCUT2D eigenvalue weighted by Crippen LogP contribution is -2.42. The summed E-state index contributed by atoms with van der Waals surface area (Å²) in [6.07, 6.45) is 2.00. The number of benzene rings is 1. The van der Waals surface area contributed by atoms with E-state index in [1.54, 1.807) is 18.2 Å². The highest BCUT2D eigenvalue weighted by Gasteiger charge is 2.26. The van der Waals surface area contributed by atoms with Crippen LogP contribution in [0, 0.1) is 0 Å². The van der Waals surface area contributed by atoms with Crippen LogP contribution in [0.15, 0.2) is 29.1 Å². The fraction of sp³-hybridized carbons (Fsp3) is 0.500. The van der Waals surface area contributed by atoms with Gasteiger partial charge in [-0.05, 0) is 39.7 Å². The molecule has 0 radical (unpaired) electrons. The quantitative estimate of drug-likeness (QED) is 0.934. The third-order valence-corrected chi connectivity index (χ3v) is 4.41. The molecule has 3 rings (SSSR count). The summed E-state index contributed by atoms with van der Waals surface area (Å²) < 4.78 is 7.00. The number of fused-ring (bicyclic) bond motifs is 1. The van der Waals surface area contributed by atoms with Crippen LogP contribution < -0.4 is 10.9 Å². The van der Waals surface area contributed by atoms with Crippen molar-refractivity contribution in [2.24, 2.45) is 0 Å². The van der Waals surface area contributed by atoms with Crippen LogP contribution in [0.2, 0.25) is 0 Å². The van der Waals surface area contributed by atoms with Gasteiger partial charge in [0, 0.05) is 12.0 Å². The van der Waals surface area contributed by atoms with Crippen molar-refractivity contribution >= 4 is 16.7 Å². The first kappa shape index (κ1) is 16.6. The molecule has 2 atom stereocenters. The number of carbonyl (C=O) groups is 1. The molecule has 128 valence electrons. The van der Waals surface area contributed by atoms with E-state index >= 15 is 0 Å². The second-order valence-electron chi connectivity index (χ2n) is 6.55. The average molecular weight is 329 g/mol. The lowest BCUT2D eigenvalue weighted by Gasteiger charge is -2.20. The van der Waals surface area contributed by atoms with E-state index in [0.29, 0.717) is 10.8 Å². The lowest BCUT2D eigenvalue weighted by molar-refractivity contribution is 0.0709. The molecule has 0 spiro atoms. The molecule has 1 aromatic carbocycles. The molecule has 6 nitrogen and oxygen atoms in total. The molecule has 24 heavy (non-hydrogen) atoms. The number of amides is 1. The van der Waals surface area contributed by atoms with E-state index in [2.05, 4.69) is 10.4 Å². The second-order valence-corrected chi connectivity index (χ2v) is 6.55. The zero-order chi connectivity index (χ0) is 17.3. The number of hydrogen-bond donors (Lipinski definition) is 1. The molecule has 1 amide bonds. The average Bonchev–Trinajstić information content (AvgIpc) is 3.09. The van der Waals surface area contributed by atoms with E-state index in [4.69, 9.17) is 4.74 Å². The normalized spacial score (nSPS) is 18.9. The number of nitrogens with zero attached hydrogens (tertiary/aromatic N) is 2. The minimum absolute atomic E-state index is 0.0382. The van der Waals surface area contributed by atoms with Crippen LogP contribution in [0.4, 0.5) is 0 Å². The van der Waals surface area contributed by atoms with Crippen molar-refractivity contribution in [1.29, 1.82) is 0 Å². The highest BCUT2D eigenvalue weighted by Crippen LogP contribution is 2.18. The molecular formula is C18H23N3O3. The first-order valence-electron chi connectivity index (χ1n) is 8.43. The van der Waals surface area contributed by atoms with Crippen molar-refractivity contribution in [3.63, 3.8) is 0 Å².